The van der Waals surface area contributed by atoms with Gasteiger partial charge < -0.3 is 9.84 Å². The number of aromatic carboxylic acids is 1. The van der Waals surface area contributed by atoms with Gasteiger partial charge in [0.1, 0.15) is 16.4 Å². The second-order valence-corrected chi connectivity index (χ2v) is 7.31. The van der Waals surface area contributed by atoms with Gasteiger partial charge >= 0.3 is 5.97 Å². The summed E-state index contributed by atoms with van der Waals surface area (Å²) in [6, 6.07) is 11.1. The van der Waals surface area contributed by atoms with E-state index in [1.165, 1.54) is 36.6 Å². The highest BCUT2D eigenvalue weighted by Crippen LogP contribution is 2.41. The Kier molecular flexibility index (Phi) is 4.96. The molecular weight excluding hydrogens is 386 g/mol. The fourth-order valence-corrected chi connectivity index (χ4v) is 4.43. The summed E-state index contributed by atoms with van der Waals surface area (Å²) >= 11 is 4.82. The van der Waals surface area contributed by atoms with Gasteiger partial charge in [0.15, 0.2) is 0 Å². The van der Waals surface area contributed by atoms with Crippen molar-refractivity contribution in [3.8, 4) is 5.75 Å². The molecule has 0 spiro atoms. The Morgan fingerprint density at radius 3 is 2.64 bits per heavy atom. The van der Waals surface area contributed by atoms with Gasteiger partial charge in [-0.25, -0.2) is 13.3 Å². The molecule has 0 aliphatic heterocycles. The monoisotopic (exact) mass is 397 g/mol. The second-order valence-electron chi connectivity index (χ2n) is 4.98. The highest BCUT2D eigenvalue weighted by molar-refractivity contribution is 7.81. The third kappa shape index (κ3) is 3.47. The van der Waals surface area contributed by atoms with Crippen LogP contribution in [0.4, 0.5) is 10.7 Å². The van der Waals surface area contributed by atoms with Gasteiger partial charge in [-0.15, -0.1) is 11.3 Å². The molecule has 25 heavy (non-hydrogen) atoms. The van der Waals surface area contributed by atoms with Gasteiger partial charge in [0.2, 0.25) is 0 Å². The van der Waals surface area contributed by atoms with Crippen molar-refractivity contribution >= 4 is 60.9 Å². The van der Waals surface area contributed by atoms with Crippen LogP contribution in [-0.4, -0.2) is 26.9 Å². The quantitative estimate of drug-likeness (QED) is 0.617. The molecule has 130 valence electrons. The maximum atomic E-state index is 12.0. The summed E-state index contributed by atoms with van der Waals surface area (Å²) in [5.74, 6) is -0.862. The van der Waals surface area contributed by atoms with Crippen LogP contribution in [0.5, 0.6) is 5.75 Å². The number of rotatable bonds is 5. The Hall–Kier alpha value is -2.13. The zero-order valence-corrected chi connectivity index (χ0v) is 15.2. The van der Waals surface area contributed by atoms with E-state index >= 15 is 0 Å². The third-order valence-corrected chi connectivity index (χ3v) is 5.61. The lowest BCUT2D eigenvalue weighted by Gasteiger charge is -2.20. The Morgan fingerprint density at radius 1 is 1.24 bits per heavy atom. The Morgan fingerprint density at radius 2 is 2.00 bits per heavy atom. The fourth-order valence-electron chi connectivity index (χ4n) is 2.35. The van der Waals surface area contributed by atoms with E-state index in [2.05, 4.69) is 0 Å². The number of carbonyl (C=O) groups is 1. The number of methoxy groups -OCH3 is 1. The Bertz CT molecular complexity index is 988. The Labute approximate surface area is 154 Å². The van der Waals surface area contributed by atoms with Crippen molar-refractivity contribution in [2.45, 2.75) is 0 Å². The minimum absolute atomic E-state index is 0.0181. The average Bonchev–Trinajstić information content (AvgIpc) is 2.96. The number of nitrogens with zero attached hydrogens (tertiary/aromatic N) is 1. The lowest BCUT2D eigenvalue weighted by atomic mass is 10.2. The molecule has 1 unspecified atom stereocenters. The third-order valence-electron chi connectivity index (χ3n) is 3.47. The van der Waals surface area contributed by atoms with Crippen molar-refractivity contribution in [3.05, 3.63) is 53.1 Å². The number of thiophene rings is 1. The first-order valence-electron chi connectivity index (χ1n) is 6.92. The van der Waals surface area contributed by atoms with Crippen LogP contribution in [0, 0.1) is 0 Å². The van der Waals surface area contributed by atoms with Crippen molar-refractivity contribution < 1.29 is 23.4 Å². The first-order valence-corrected chi connectivity index (χ1v) is 9.18. The molecule has 0 fully saturated rings. The van der Waals surface area contributed by atoms with Gasteiger partial charge in [0.25, 0.3) is 11.3 Å². The van der Waals surface area contributed by atoms with Crippen molar-refractivity contribution in [1.29, 1.82) is 0 Å². The molecule has 0 saturated carbocycles. The number of benzene rings is 2. The molecule has 3 aromatic rings. The van der Waals surface area contributed by atoms with E-state index in [1.807, 2.05) is 0 Å². The fraction of sp³-hybridized carbons (Fsp3) is 0.0625. The number of fused-ring (bicyclic) bond motifs is 1. The summed E-state index contributed by atoms with van der Waals surface area (Å²) in [6.07, 6.45) is 0. The maximum absolute atomic E-state index is 12.0. The first kappa shape index (κ1) is 17.7. The van der Waals surface area contributed by atoms with E-state index < -0.39 is 17.2 Å². The molecule has 2 aromatic carbocycles. The SMILES string of the molecule is COc1ccc(C(=O)O)cc1N(c1cc2ccc(Cl)cc2s1)S(=O)O. The zero-order valence-electron chi connectivity index (χ0n) is 12.8. The summed E-state index contributed by atoms with van der Waals surface area (Å²) < 4.78 is 29.0. The van der Waals surface area contributed by atoms with E-state index in [4.69, 9.17) is 16.3 Å². The molecule has 1 heterocycles. The van der Waals surface area contributed by atoms with E-state index in [0.29, 0.717) is 10.0 Å². The smallest absolute Gasteiger partial charge is 0.335 e. The van der Waals surface area contributed by atoms with Crippen LogP contribution in [0.2, 0.25) is 5.02 Å². The van der Waals surface area contributed by atoms with E-state index in [9.17, 15) is 18.7 Å². The lowest BCUT2D eigenvalue weighted by molar-refractivity contribution is 0.0697. The number of hydrogen-bond acceptors (Lipinski definition) is 4. The number of carboxylic acid groups (broad SMARTS) is 1. The molecule has 9 heteroatoms. The Balaban J connectivity index is 2.19. The van der Waals surface area contributed by atoms with Crippen LogP contribution < -0.4 is 9.04 Å². The van der Waals surface area contributed by atoms with Gasteiger partial charge in [0.05, 0.1) is 12.7 Å². The van der Waals surface area contributed by atoms with Crippen LogP contribution in [0.3, 0.4) is 0 Å². The molecule has 1 atom stereocenters. The van der Waals surface area contributed by atoms with Crippen molar-refractivity contribution in [2.24, 2.45) is 0 Å². The van der Waals surface area contributed by atoms with Crippen LogP contribution in [0.25, 0.3) is 10.1 Å². The van der Waals surface area contributed by atoms with E-state index in [0.717, 1.165) is 14.4 Å². The number of carboxylic acids is 1. The minimum atomic E-state index is -2.43. The lowest BCUT2D eigenvalue weighted by Crippen LogP contribution is -2.19. The topological polar surface area (TPSA) is 87.1 Å². The van der Waals surface area contributed by atoms with E-state index in [-0.39, 0.29) is 17.0 Å². The van der Waals surface area contributed by atoms with Gasteiger partial charge in [-0.2, -0.15) is 0 Å². The molecule has 0 saturated heterocycles. The number of anilines is 2. The highest BCUT2D eigenvalue weighted by Gasteiger charge is 2.23. The summed E-state index contributed by atoms with van der Waals surface area (Å²) in [5, 5.41) is 11.1. The first-order chi connectivity index (χ1) is 11.9. The standard InChI is InChI=1S/C16H12ClNO5S2/c1-23-13-5-3-10(16(19)20)6-12(13)18(25(21)22)15-7-9-2-4-11(17)8-14(9)24-15/h2-8H,1H3,(H,19,20)(H,21,22). The summed E-state index contributed by atoms with van der Waals surface area (Å²) in [7, 11) is 1.41. The van der Waals surface area contributed by atoms with Crippen LogP contribution in [-0.2, 0) is 11.3 Å². The summed E-state index contributed by atoms with van der Waals surface area (Å²) in [4.78, 5) is 11.3. The van der Waals surface area contributed by atoms with Crippen LogP contribution >= 0.6 is 22.9 Å². The molecule has 0 aliphatic carbocycles. The molecular formula is C16H12ClNO5S2. The molecule has 3 rings (SSSR count). The average molecular weight is 398 g/mol. The molecule has 0 amide bonds. The van der Waals surface area contributed by atoms with Gasteiger partial charge in [0, 0.05) is 9.72 Å². The summed E-state index contributed by atoms with van der Waals surface area (Å²) in [6.45, 7) is 0. The van der Waals surface area contributed by atoms with Crippen molar-refractivity contribution in [3.63, 3.8) is 0 Å². The van der Waals surface area contributed by atoms with Crippen LogP contribution in [0.15, 0.2) is 42.5 Å². The molecule has 6 nitrogen and oxygen atoms in total. The molecule has 2 N–H and O–H groups in total. The largest absolute Gasteiger partial charge is 0.495 e. The molecule has 0 radical (unpaired) electrons. The van der Waals surface area contributed by atoms with Crippen molar-refractivity contribution in [1.82, 2.24) is 0 Å². The van der Waals surface area contributed by atoms with Crippen molar-refractivity contribution in [2.75, 3.05) is 11.4 Å². The normalized spacial score (nSPS) is 12.1. The zero-order chi connectivity index (χ0) is 18.1. The predicted molar refractivity (Wildman–Crippen MR) is 99.7 cm³/mol. The van der Waals surface area contributed by atoms with E-state index in [1.54, 1.807) is 24.3 Å². The molecule has 1 aromatic heterocycles. The minimum Gasteiger partial charge on any atom is -0.495 e. The number of halogens is 1. The summed E-state index contributed by atoms with van der Waals surface area (Å²) in [5.41, 5.74) is 0.163. The van der Waals surface area contributed by atoms with Gasteiger partial charge in [-0.05, 0) is 41.8 Å². The predicted octanol–water partition coefficient (Wildman–Crippen LogP) is 4.54. The second kappa shape index (κ2) is 7.01. The van der Waals surface area contributed by atoms with Gasteiger partial charge in [-0.3, -0.25) is 4.55 Å². The number of ether oxygens (including phenoxy) is 1. The number of hydrogen-bond donors (Lipinski definition) is 2. The maximum Gasteiger partial charge on any atom is 0.335 e. The molecule has 0 aliphatic rings. The van der Waals surface area contributed by atoms with Crippen LogP contribution in [0.1, 0.15) is 10.4 Å². The highest BCUT2D eigenvalue weighted by atomic mass is 35.5. The molecule has 0 bridgehead atoms. The van der Waals surface area contributed by atoms with Gasteiger partial charge in [-0.1, -0.05) is 17.7 Å².